The molecule has 0 spiro atoms. The number of hydrogen-bond acceptors (Lipinski definition) is 3. The fourth-order valence-corrected chi connectivity index (χ4v) is 3.08. The highest BCUT2D eigenvalue weighted by Crippen LogP contribution is 2.35. The summed E-state index contributed by atoms with van der Waals surface area (Å²) in [5, 5.41) is 16.4. The number of hydrogen-bond donors (Lipinski definition) is 3. The molecular formula is C14H26N2O2. The van der Waals surface area contributed by atoms with Crippen LogP contribution in [0.3, 0.4) is 0 Å². The second-order valence-corrected chi connectivity index (χ2v) is 6.14. The van der Waals surface area contributed by atoms with Crippen molar-refractivity contribution < 1.29 is 9.90 Å². The molecule has 3 unspecified atom stereocenters. The maximum Gasteiger partial charge on any atom is 0.237 e. The van der Waals surface area contributed by atoms with Crippen molar-refractivity contribution in [1.82, 2.24) is 10.6 Å². The lowest BCUT2D eigenvalue weighted by Crippen LogP contribution is -2.51. The Morgan fingerprint density at radius 3 is 2.78 bits per heavy atom. The normalized spacial score (nSPS) is 37.2. The van der Waals surface area contributed by atoms with E-state index in [2.05, 4.69) is 17.6 Å². The Morgan fingerprint density at radius 2 is 2.11 bits per heavy atom. The van der Waals surface area contributed by atoms with Gasteiger partial charge in [-0.25, -0.2) is 0 Å². The maximum atomic E-state index is 12.0. The molecule has 1 amide bonds. The molecule has 1 saturated carbocycles. The first-order valence-corrected chi connectivity index (χ1v) is 7.31. The van der Waals surface area contributed by atoms with Crippen molar-refractivity contribution in [1.29, 1.82) is 0 Å². The van der Waals surface area contributed by atoms with Crippen molar-refractivity contribution in [3.8, 4) is 0 Å². The molecule has 0 aromatic rings. The lowest BCUT2D eigenvalue weighted by Gasteiger charge is -2.39. The molecule has 0 aromatic heterocycles. The van der Waals surface area contributed by atoms with E-state index in [1.54, 1.807) is 0 Å². The molecule has 3 atom stereocenters. The van der Waals surface area contributed by atoms with Crippen molar-refractivity contribution in [2.75, 3.05) is 13.1 Å². The van der Waals surface area contributed by atoms with Gasteiger partial charge in [0.15, 0.2) is 0 Å². The first kappa shape index (κ1) is 13.8. The van der Waals surface area contributed by atoms with Gasteiger partial charge in [-0.15, -0.1) is 0 Å². The summed E-state index contributed by atoms with van der Waals surface area (Å²) in [4.78, 5) is 12.0. The fourth-order valence-electron chi connectivity index (χ4n) is 3.08. The molecule has 3 N–H and O–H groups in total. The van der Waals surface area contributed by atoms with Gasteiger partial charge < -0.3 is 15.7 Å². The van der Waals surface area contributed by atoms with Crippen molar-refractivity contribution in [3.05, 3.63) is 0 Å². The van der Waals surface area contributed by atoms with E-state index in [0.29, 0.717) is 6.54 Å². The van der Waals surface area contributed by atoms with Gasteiger partial charge >= 0.3 is 0 Å². The van der Waals surface area contributed by atoms with E-state index in [-0.39, 0.29) is 23.5 Å². The molecule has 1 saturated heterocycles. The first-order chi connectivity index (χ1) is 8.62. The van der Waals surface area contributed by atoms with Crippen LogP contribution in [-0.4, -0.2) is 36.2 Å². The highest BCUT2D eigenvalue weighted by Gasteiger charge is 2.36. The zero-order valence-electron chi connectivity index (χ0n) is 11.4. The van der Waals surface area contributed by atoms with Crippen LogP contribution in [0.5, 0.6) is 0 Å². The standard InChI is InChI=1S/C14H26N2O2/c1-14(8-4-2-7-12(14)17)10-16-13(18)11-6-3-5-9-15-11/h11-12,15,17H,2-10H2,1H3,(H,16,18). The smallest absolute Gasteiger partial charge is 0.237 e. The van der Waals surface area contributed by atoms with Crippen LogP contribution in [0.4, 0.5) is 0 Å². The second-order valence-electron chi connectivity index (χ2n) is 6.14. The summed E-state index contributed by atoms with van der Waals surface area (Å²) in [6.45, 7) is 3.63. The van der Waals surface area contributed by atoms with Crippen molar-refractivity contribution in [2.45, 2.75) is 64.0 Å². The van der Waals surface area contributed by atoms with Crippen LogP contribution in [0.2, 0.25) is 0 Å². The van der Waals surface area contributed by atoms with E-state index in [1.807, 2.05) is 0 Å². The van der Waals surface area contributed by atoms with Gasteiger partial charge in [-0.3, -0.25) is 4.79 Å². The number of carbonyl (C=O) groups is 1. The number of rotatable bonds is 3. The molecule has 2 aliphatic rings. The lowest BCUT2D eigenvalue weighted by atomic mass is 9.73. The van der Waals surface area contributed by atoms with E-state index in [0.717, 1.165) is 45.1 Å². The van der Waals surface area contributed by atoms with E-state index in [9.17, 15) is 9.90 Å². The Bertz CT molecular complexity index is 290. The summed E-state index contributed by atoms with van der Waals surface area (Å²) >= 11 is 0. The largest absolute Gasteiger partial charge is 0.392 e. The molecule has 4 nitrogen and oxygen atoms in total. The van der Waals surface area contributed by atoms with Crippen LogP contribution in [0.1, 0.15) is 51.9 Å². The lowest BCUT2D eigenvalue weighted by molar-refractivity contribution is -0.124. The third kappa shape index (κ3) is 3.23. The number of piperidine rings is 1. The van der Waals surface area contributed by atoms with Crippen molar-refractivity contribution in [2.24, 2.45) is 5.41 Å². The molecule has 0 aromatic carbocycles. The van der Waals surface area contributed by atoms with Gasteiger partial charge in [-0.2, -0.15) is 0 Å². The zero-order valence-corrected chi connectivity index (χ0v) is 11.4. The minimum atomic E-state index is -0.272. The van der Waals surface area contributed by atoms with Gasteiger partial charge in [0.1, 0.15) is 0 Å². The number of aliphatic hydroxyl groups is 1. The Hall–Kier alpha value is -0.610. The van der Waals surface area contributed by atoms with Crippen LogP contribution >= 0.6 is 0 Å². The average Bonchev–Trinajstić information content (AvgIpc) is 2.41. The molecule has 2 rings (SSSR count). The van der Waals surface area contributed by atoms with Crippen LogP contribution in [0.25, 0.3) is 0 Å². The number of aliphatic hydroxyl groups excluding tert-OH is 1. The minimum absolute atomic E-state index is 0.0249. The quantitative estimate of drug-likeness (QED) is 0.709. The Balaban J connectivity index is 1.80. The molecule has 104 valence electrons. The maximum absolute atomic E-state index is 12.0. The molecule has 2 fully saturated rings. The fraction of sp³-hybridized carbons (Fsp3) is 0.929. The summed E-state index contributed by atoms with van der Waals surface area (Å²) in [7, 11) is 0. The van der Waals surface area contributed by atoms with Gasteiger partial charge in [0.25, 0.3) is 0 Å². The summed E-state index contributed by atoms with van der Waals surface area (Å²) in [6.07, 6.45) is 7.10. The van der Waals surface area contributed by atoms with Gasteiger partial charge in [0.2, 0.25) is 5.91 Å². The van der Waals surface area contributed by atoms with Crippen molar-refractivity contribution in [3.63, 3.8) is 0 Å². The number of amides is 1. The Morgan fingerprint density at radius 1 is 1.33 bits per heavy atom. The summed E-state index contributed by atoms with van der Waals surface area (Å²) < 4.78 is 0. The molecule has 1 heterocycles. The summed E-state index contributed by atoms with van der Waals surface area (Å²) in [5.74, 6) is 0.105. The predicted octanol–water partition coefficient (Wildman–Crippen LogP) is 1.19. The van der Waals surface area contributed by atoms with Crippen LogP contribution < -0.4 is 10.6 Å². The molecule has 0 bridgehead atoms. The SMILES string of the molecule is CC1(CNC(=O)C2CCCCN2)CCCCC1O. The highest BCUT2D eigenvalue weighted by atomic mass is 16.3. The number of carbonyl (C=O) groups excluding carboxylic acids is 1. The molecular weight excluding hydrogens is 228 g/mol. The van der Waals surface area contributed by atoms with E-state index in [1.165, 1.54) is 6.42 Å². The van der Waals surface area contributed by atoms with Gasteiger partial charge in [0, 0.05) is 12.0 Å². The van der Waals surface area contributed by atoms with E-state index >= 15 is 0 Å². The minimum Gasteiger partial charge on any atom is -0.392 e. The average molecular weight is 254 g/mol. The third-order valence-electron chi connectivity index (χ3n) is 4.57. The summed E-state index contributed by atoms with van der Waals surface area (Å²) in [5.41, 5.74) is -0.136. The van der Waals surface area contributed by atoms with Crippen LogP contribution in [0.15, 0.2) is 0 Å². The molecule has 18 heavy (non-hydrogen) atoms. The molecule has 1 aliphatic heterocycles. The Kier molecular flexibility index (Phi) is 4.62. The van der Waals surface area contributed by atoms with Crippen LogP contribution in [0, 0.1) is 5.41 Å². The van der Waals surface area contributed by atoms with Gasteiger partial charge in [-0.1, -0.05) is 26.2 Å². The number of nitrogens with one attached hydrogen (secondary N) is 2. The van der Waals surface area contributed by atoms with Gasteiger partial charge in [0.05, 0.1) is 12.1 Å². The molecule has 0 radical (unpaired) electrons. The highest BCUT2D eigenvalue weighted by molar-refractivity contribution is 5.81. The summed E-state index contributed by atoms with van der Waals surface area (Å²) in [6, 6.07) is -0.0249. The molecule has 4 heteroatoms. The van der Waals surface area contributed by atoms with E-state index in [4.69, 9.17) is 0 Å². The molecule has 1 aliphatic carbocycles. The third-order valence-corrected chi connectivity index (χ3v) is 4.57. The predicted molar refractivity (Wildman–Crippen MR) is 71.2 cm³/mol. The van der Waals surface area contributed by atoms with Crippen LogP contribution in [-0.2, 0) is 4.79 Å². The topological polar surface area (TPSA) is 61.4 Å². The van der Waals surface area contributed by atoms with Gasteiger partial charge in [-0.05, 0) is 32.2 Å². The second kappa shape index (κ2) is 6.02. The first-order valence-electron chi connectivity index (χ1n) is 7.31. The van der Waals surface area contributed by atoms with Crippen molar-refractivity contribution >= 4 is 5.91 Å². The Labute approximate surface area is 110 Å². The monoisotopic (exact) mass is 254 g/mol. The van der Waals surface area contributed by atoms with E-state index < -0.39 is 0 Å². The zero-order chi connectivity index (χ0) is 13.0.